The number of ether oxygens (including phenoxy) is 3. The number of fused-ring (bicyclic) bond motifs is 1. The van der Waals surface area contributed by atoms with Crippen LogP contribution in [0.1, 0.15) is 12.6 Å². The molecule has 0 saturated heterocycles. The van der Waals surface area contributed by atoms with Crippen LogP contribution in [0.25, 0.3) is 22.4 Å². The average molecular weight is 522 g/mol. The quantitative estimate of drug-likeness (QED) is 0.206. The summed E-state index contributed by atoms with van der Waals surface area (Å²) in [6.45, 7) is 2.06. The highest BCUT2D eigenvalue weighted by molar-refractivity contribution is 8.00. The van der Waals surface area contributed by atoms with Crippen LogP contribution in [-0.4, -0.2) is 46.2 Å². The second-order valence-electron chi connectivity index (χ2n) is 8.11. The molecule has 0 amide bonds. The zero-order valence-electron chi connectivity index (χ0n) is 21.1. The molecule has 37 heavy (non-hydrogen) atoms. The van der Waals surface area contributed by atoms with Gasteiger partial charge in [-0.1, -0.05) is 12.1 Å². The molecule has 0 aliphatic rings. The van der Waals surface area contributed by atoms with E-state index in [0.29, 0.717) is 40.2 Å². The standard InChI is InChI=1S/C25H27N7O4S/c1-6-15-11-22(29-28-15)27-17-13-18-16(12-19(17)33-3)24(30-36-18)31-37-23-20(34-4)9-14(10-21(23)35-5)25-26-7-8-32(25)2/h7-13H,6H2,1-5H3,(H,30,31)(H2,27,28,29). The van der Waals surface area contributed by atoms with Gasteiger partial charge in [0, 0.05) is 42.8 Å². The number of aromatic amines is 1. The summed E-state index contributed by atoms with van der Waals surface area (Å²) >= 11 is 1.31. The van der Waals surface area contributed by atoms with Crippen molar-refractivity contribution >= 4 is 40.2 Å². The van der Waals surface area contributed by atoms with E-state index in [1.54, 1.807) is 27.5 Å². The maximum atomic E-state index is 5.68. The summed E-state index contributed by atoms with van der Waals surface area (Å²) in [7, 11) is 6.79. The van der Waals surface area contributed by atoms with Crippen molar-refractivity contribution < 1.29 is 18.7 Å². The van der Waals surface area contributed by atoms with Crippen molar-refractivity contribution in [2.45, 2.75) is 18.2 Å². The highest BCUT2D eigenvalue weighted by atomic mass is 32.2. The Morgan fingerprint density at radius 1 is 1.03 bits per heavy atom. The number of aromatic nitrogens is 5. The number of anilines is 3. The Bertz CT molecular complexity index is 1520. The van der Waals surface area contributed by atoms with Crippen LogP contribution in [0.5, 0.6) is 17.2 Å². The number of H-pyrrole nitrogens is 1. The third-order valence-electron chi connectivity index (χ3n) is 5.86. The lowest BCUT2D eigenvalue weighted by molar-refractivity contribution is 0.377. The Balaban J connectivity index is 1.42. The predicted molar refractivity (Wildman–Crippen MR) is 143 cm³/mol. The van der Waals surface area contributed by atoms with Crippen LogP contribution in [0.4, 0.5) is 17.3 Å². The summed E-state index contributed by atoms with van der Waals surface area (Å²) in [4.78, 5) is 5.19. The molecule has 5 rings (SSSR count). The molecule has 2 aromatic carbocycles. The molecule has 3 N–H and O–H groups in total. The van der Waals surface area contributed by atoms with Gasteiger partial charge in [0.2, 0.25) is 0 Å². The van der Waals surface area contributed by atoms with Gasteiger partial charge in [0.1, 0.15) is 28.0 Å². The normalized spacial score (nSPS) is 11.1. The second-order valence-corrected chi connectivity index (χ2v) is 8.93. The van der Waals surface area contributed by atoms with E-state index in [2.05, 4.69) is 37.3 Å². The predicted octanol–water partition coefficient (Wildman–Crippen LogP) is 5.40. The van der Waals surface area contributed by atoms with Gasteiger partial charge < -0.3 is 33.3 Å². The molecule has 11 nitrogen and oxygen atoms in total. The molecule has 0 atom stereocenters. The number of rotatable bonds is 10. The molecule has 3 heterocycles. The van der Waals surface area contributed by atoms with E-state index < -0.39 is 0 Å². The lowest BCUT2D eigenvalue weighted by atomic mass is 10.2. The lowest BCUT2D eigenvalue weighted by Crippen LogP contribution is -1.98. The van der Waals surface area contributed by atoms with Gasteiger partial charge in [0.05, 0.1) is 32.4 Å². The summed E-state index contributed by atoms with van der Waals surface area (Å²) in [5.41, 5.74) is 3.21. The lowest BCUT2D eigenvalue weighted by Gasteiger charge is -2.15. The topological polar surface area (TPSA) is 124 Å². The van der Waals surface area contributed by atoms with Crippen LogP contribution in [0, 0.1) is 0 Å². The fourth-order valence-corrected chi connectivity index (χ4v) is 4.73. The van der Waals surface area contributed by atoms with Gasteiger partial charge in [-0.25, -0.2) is 4.98 Å². The molecule has 192 valence electrons. The van der Waals surface area contributed by atoms with Gasteiger partial charge in [0.25, 0.3) is 0 Å². The zero-order valence-corrected chi connectivity index (χ0v) is 21.9. The number of imidazole rings is 1. The first kappa shape index (κ1) is 24.4. The largest absolute Gasteiger partial charge is 0.495 e. The Morgan fingerprint density at radius 3 is 2.41 bits per heavy atom. The van der Waals surface area contributed by atoms with E-state index in [0.717, 1.165) is 33.8 Å². The van der Waals surface area contributed by atoms with Crippen molar-refractivity contribution in [2.75, 3.05) is 31.4 Å². The molecular formula is C25H27N7O4S. The van der Waals surface area contributed by atoms with Gasteiger partial charge in [-0.05, 0) is 36.6 Å². The minimum atomic E-state index is 0.537. The summed E-state index contributed by atoms with van der Waals surface area (Å²) < 4.78 is 27.8. The molecule has 0 bridgehead atoms. The van der Waals surface area contributed by atoms with Gasteiger partial charge in [-0.3, -0.25) is 5.10 Å². The van der Waals surface area contributed by atoms with Crippen molar-refractivity contribution in [1.29, 1.82) is 0 Å². The number of hydrogen-bond acceptors (Lipinski definition) is 10. The molecule has 0 fully saturated rings. The van der Waals surface area contributed by atoms with E-state index in [1.165, 1.54) is 11.9 Å². The molecule has 3 aromatic heterocycles. The minimum Gasteiger partial charge on any atom is -0.495 e. The van der Waals surface area contributed by atoms with Crippen LogP contribution in [0.3, 0.4) is 0 Å². The average Bonchev–Trinajstić information content (AvgIpc) is 3.66. The first-order chi connectivity index (χ1) is 18.0. The highest BCUT2D eigenvalue weighted by Gasteiger charge is 2.19. The fraction of sp³-hybridized carbons (Fsp3) is 0.240. The van der Waals surface area contributed by atoms with Crippen molar-refractivity contribution in [3.05, 3.63) is 48.4 Å². The van der Waals surface area contributed by atoms with E-state index >= 15 is 0 Å². The van der Waals surface area contributed by atoms with Gasteiger partial charge in [-0.2, -0.15) is 5.10 Å². The van der Waals surface area contributed by atoms with E-state index in [1.807, 2.05) is 48.1 Å². The number of nitrogens with one attached hydrogen (secondary N) is 3. The number of aryl methyl sites for hydroxylation is 2. The van der Waals surface area contributed by atoms with Crippen molar-refractivity contribution in [1.82, 2.24) is 24.9 Å². The maximum Gasteiger partial charge on any atom is 0.187 e. The highest BCUT2D eigenvalue weighted by Crippen LogP contribution is 2.43. The Kier molecular flexibility index (Phi) is 6.82. The van der Waals surface area contributed by atoms with Crippen molar-refractivity contribution in [2.24, 2.45) is 7.05 Å². The molecular weight excluding hydrogens is 494 g/mol. The van der Waals surface area contributed by atoms with E-state index in [-0.39, 0.29) is 0 Å². The number of methoxy groups -OCH3 is 3. The van der Waals surface area contributed by atoms with Crippen LogP contribution in [-0.2, 0) is 13.5 Å². The molecule has 0 radical (unpaired) electrons. The number of benzene rings is 2. The molecule has 0 unspecified atom stereocenters. The molecule has 12 heteroatoms. The maximum absolute atomic E-state index is 5.68. The van der Waals surface area contributed by atoms with Gasteiger partial charge in [0.15, 0.2) is 17.2 Å². The minimum absolute atomic E-state index is 0.537. The van der Waals surface area contributed by atoms with Gasteiger partial charge in [-0.15, -0.1) is 0 Å². The summed E-state index contributed by atoms with van der Waals surface area (Å²) in [5, 5.41) is 15.5. The number of nitrogens with zero attached hydrogens (tertiary/aromatic N) is 4. The summed E-state index contributed by atoms with van der Waals surface area (Å²) in [5.74, 6) is 3.93. The van der Waals surface area contributed by atoms with Crippen molar-refractivity contribution in [3.63, 3.8) is 0 Å². The third-order valence-corrected chi connectivity index (χ3v) is 6.76. The van der Waals surface area contributed by atoms with Gasteiger partial charge >= 0.3 is 0 Å². The Hall–Kier alpha value is -4.32. The first-order valence-corrected chi connectivity index (χ1v) is 12.3. The van der Waals surface area contributed by atoms with E-state index in [4.69, 9.17) is 18.7 Å². The smallest absolute Gasteiger partial charge is 0.187 e. The Labute approximate surface area is 217 Å². The van der Waals surface area contributed by atoms with Crippen molar-refractivity contribution in [3.8, 4) is 28.6 Å². The molecule has 0 spiro atoms. The summed E-state index contributed by atoms with van der Waals surface area (Å²) in [6, 6.07) is 9.50. The SMILES string of the molecule is CCc1cc(Nc2cc3onc(NSc4c(OC)cc(-c5nccn5C)cc4OC)c3cc2OC)n[nH]1. The van der Waals surface area contributed by atoms with E-state index in [9.17, 15) is 0 Å². The van der Waals surface area contributed by atoms with Crippen LogP contribution in [0.2, 0.25) is 0 Å². The third kappa shape index (κ3) is 4.75. The molecule has 0 aliphatic carbocycles. The second kappa shape index (κ2) is 10.3. The zero-order chi connectivity index (χ0) is 25.9. The number of hydrogen-bond donors (Lipinski definition) is 3. The first-order valence-electron chi connectivity index (χ1n) is 11.5. The molecule has 0 saturated carbocycles. The molecule has 5 aromatic rings. The van der Waals surface area contributed by atoms with Crippen LogP contribution >= 0.6 is 11.9 Å². The fourth-order valence-electron chi connectivity index (χ4n) is 3.90. The summed E-state index contributed by atoms with van der Waals surface area (Å²) in [6.07, 6.45) is 4.50. The monoisotopic (exact) mass is 521 g/mol. The Morgan fingerprint density at radius 2 is 1.78 bits per heavy atom. The van der Waals surface area contributed by atoms with Crippen LogP contribution < -0.4 is 24.2 Å². The van der Waals surface area contributed by atoms with Crippen LogP contribution in [0.15, 0.2) is 52.1 Å². The molecule has 0 aliphatic heterocycles.